The van der Waals surface area contributed by atoms with Crippen molar-refractivity contribution in [1.29, 1.82) is 0 Å². The zero-order valence-corrected chi connectivity index (χ0v) is 15.1. The Bertz CT molecular complexity index is 1050. The molecule has 3 aromatic rings. The molecule has 1 aromatic heterocycles. The Hall–Kier alpha value is -2.91. The van der Waals surface area contributed by atoms with Gasteiger partial charge in [-0.1, -0.05) is 42.5 Å². The summed E-state index contributed by atoms with van der Waals surface area (Å²) in [6.07, 6.45) is 0. The number of sulfonamides is 2. The maximum atomic E-state index is 13.1. The summed E-state index contributed by atoms with van der Waals surface area (Å²) >= 11 is 0. The van der Waals surface area contributed by atoms with Gasteiger partial charge >= 0.3 is 0 Å². The molecule has 0 saturated heterocycles. The van der Waals surface area contributed by atoms with Crippen LogP contribution in [0.4, 0.5) is 11.6 Å². The van der Waals surface area contributed by atoms with Crippen molar-refractivity contribution in [3.8, 4) is 0 Å². The standard InChI is InChI=1S/C17H15N3O4S2/c18-16-12-7-13-17(19-16)20(25(21,22)14-8-3-1-4-9-14)26(23,24)15-10-5-2-6-11-15/h1-13H,(H2,18,19). The number of pyridine rings is 1. The van der Waals surface area contributed by atoms with E-state index in [1.807, 2.05) is 0 Å². The minimum atomic E-state index is -4.45. The molecule has 3 rings (SSSR count). The lowest BCUT2D eigenvalue weighted by molar-refractivity contribution is 0.583. The quantitative estimate of drug-likeness (QED) is 0.716. The van der Waals surface area contributed by atoms with Gasteiger partial charge in [-0.25, -0.2) is 4.98 Å². The largest absolute Gasteiger partial charge is 0.384 e. The van der Waals surface area contributed by atoms with Gasteiger partial charge in [-0.2, -0.15) is 16.8 Å². The third kappa shape index (κ3) is 3.26. The van der Waals surface area contributed by atoms with Crippen molar-refractivity contribution in [3.05, 3.63) is 78.9 Å². The van der Waals surface area contributed by atoms with Crippen LogP contribution in [0.3, 0.4) is 0 Å². The molecule has 0 amide bonds. The topological polar surface area (TPSA) is 110 Å². The summed E-state index contributed by atoms with van der Waals surface area (Å²) in [7, 11) is -8.90. The summed E-state index contributed by atoms with van der Waals surface area (Å²) in [5.74, 6) is -0.309. The first-order valence-corrected chi connectivity index (χ1v) is 10.3. The molecule has 1 heterocycles. The minimum Gasteiger partial charge on any atom is -0.384 e. The first-order valence-electron chi connectivity index (χ1n) is 7.46. The van der Waals surface area contributed by atoms with Crippen molar-refractivity contribution >= 4 is 31.7 Å². The van der Waals surface area contributed by atoms with E-state index in [2.05, 4.69) is 4.98 Å². The maximum Gasteiger partial charge on any atom is 0.279 e. The molecule has 0 spiro atoms. The van der Waals surface area contributed by atoms with Crippen LogP contribution < -0.4 is 9.44 Å². The van der Waals surface area contributed by atoms with Gasteiger partial charge in [0.2, 0.25) is 0 Å². The number of rotatable bonds is 5. The van der Waals surface area contributed by atoms with Gasteiger partial charge in [0.15, 0.2) is 5.82 Å². The van der Waals surface area contributed by atoms with Gasteiger partial charge in [-0.15, -0.1) is 3.71 Å². The monoisotopic (exact) mass is 389 g/mol. The van der Waals surface area contributed by atoms with E-state index in [-0.39, 0.29) is 21.4 Å². The molecular weight excluding hydrogens is 374 g/mol. The fourth-order valence-electron chi connectivity index (χ4n) is 2.29. The zero-order chi connectivity index (χ0) is 18.8. The van der Waals surface area contributed by atoms with E-state index in [0.717, 1.165) is 0 Å². The van der Waals surface area contributed by atoms with E-state index in [4.69, 9.17) is 5.73 Å². The molecule has 0 fully saturated rings. The molecule has 26 heavy (non-hydrogen) atoms. The van der Waals surface area contributed by atoms with Crippen LogP contribution in [0.25, 0.3) is 0 Å². The van der Waals surface area contributed by atoms with Gasteiger partial charge < -0.3 is 5.73 Å². The van der Waals surface area contributed by atoms with Crippen molar-refractivity contribution in [2.75, 3.05) is 9.44 Å². The van der Waals surface area contributed by atoms with Crippen LogP contribution in [0.15, 0.2) is 88.7 Å². The normalized spacial score (nSPS) is 11.8. The predicted octanol–water partition coefficient (Wildman–Crippen LogP) is 2.25. The van der Waals surface area contributed by atoms with E-state index in [1.54, 1.807) is 12.1 Å². The van der Waals surface area contributed by atoms with Crippen LogP contribution in [0.2, 0.25) is 0 Å². The highest BCUT2D eigenvalue weighted by molar-refractivity contribution is 8.10. The lowest BCUT2D eigenvalue weighted by atomic mass is 10.4. The fraction of sp³-hybridized carbons (Fsp3) is 0. The summed E-state index contributed by atoms with van der Waals surface area (Å²) in [5, 5.41) is 0. The molecular formula is C17H15N3O4S2. The Morgan fingerprint density at radius 3 is 1.54 bits per heavy atom. The Balaban J connectivity index is 2.28. The molecule has 2 aromatic carbocycles. The second-order valence-corrected chi connectivity index (χ2v) is 9.06. The maximum absolute atomic E-state index is 13.1. The smallest absolute Gasteiger partial charge is 0.279 e. The van der Waals surface area contributed by atoms with E-state index >= 15 is 0 Å². The molecule has 0 unspecified atom stereocenters. The lowest BCUT2D eigenvalue weighted by Gasteiger charge is -2.23. The summed E-state index contributed by atoms with van der Waals surface area (Å²) in [6, 6.07) is 18.7. The Labute approximate surface area is 151 Å². The average Bonchev–Trinajstić information content (AvgIpc) is 2.63. The Morgan fingerprint density at radius 1 is 0.654 bits per heavy atom. The van der Waals surface area contributed by atoms with Crippen LogP contribution in [0.1, 0.15) is 0 Å². The number of anilines is 2. The highest BCUT2D eigenvalue weighted by Gasteiger charge is 2.37. The van der Waals surface area contributed by atoms with Crippen molar-refractivity contribution in [3.63, 3.8) is 0 Å². The number of hydrogen-bond donors (Lipinski definition) is 1. The summed E-state index contributed by atoms with van der Waals surface area (Å²) in [5.41, 5.74) is 5.63. The minimum absolute atomic E-state index is 0.000904. The van der Waals surface area contributed by atoms with Crippen LogP contribution in [-0.4, -0.2) is 21.8 Å². The molecule has 0 atom stereocenters. The van der Waals surface area contributed by atoms with Gasteiger partial charge in [0.25, 0.3) is 20.0 Å². The molecule has 0 radical (unpaired) electrons. The number of nitrogens with zero attached hydrogens (tertiary/aromatic N) is 2. The first-order chi connectivity index (χ1) is 12.3. The zero-order valence-electron chi connectivity index (χ0n) is 13.4. The highest BCUT2D eigenvalue weighted by Crippen LogP contribution is 2.29. The average molecular weight is 389 g/mol. The number of benzene rings is 2. The van der Waals surface area contributed by atoms with Crippen molar-refractivity contribution in [2.45, 2.75) is 9.79 Å². The van der Waals surface area contributed by atoms with Crippen molar-refractivity contribution in [2.24, 2.45) is 0 Å². The van der Waals surface area contributed by atoms with E-state index < -0.39 is 20.0 Å². The number of nitrogens with two attached hydrogens (primary N) is 1. The molecule has 0 aliphatic rings. The molecule has 0 bridgehead atoms. The number of hydrogen-bond acceptors (Lipinski definition) is 6. The van der Waals surface area contributed by atoms with Crippen LogP contribution >= 0.6 is 0 Å². The summed E-state index contributed by atoms with van der Waals surface area (Å²) < 4.78 is 52.8. The van der Waals surface area contributed by atoms with Crippen LogP contribution in [0, 0.1) is 0 Å². The molecule has 0 aliphatic carbocycles. The second kappa shape index (κ2) is 6.77. The summed E-state index contributed by atoms with van der Waals surface area (Å²) in [4.78, 5) is 3.55. The Morgan fingerprint density at radius 2 is 1.12 bits per heavy atom. The van der Waals surface area contributed by atoms with Gasteiger partial charge in [0.1, 0.15) is 5.82 Å². The molecule has 134 valence electrons. The Kier molecular flexibility index (Phi) is 4.66. The van der Waals surface area contributed by atoms with Crippen molar-refractivity contribution < 1.29 is 16.8 Å². The molecule has 0 saturated carbocycles. The molecule has 0 aliphatic heterocycles. The summed E-state index contributed by atoms with van der Waals surface area (Å²) in [6.45, 7) is 0. The van der Waals surface area contributed by atoms with Gasteiger partial charge in [-0.3, -0.25) is 0 Å². The van der Waals surface area contributed by atoms with Crippen molar-refractivity contribution in [1.82, 2.24) is 4.98 Å². The van der Waals surface area contributed by atoms with E-state index in [0.29, 0.717) is 3.71 Å². The van der Waals surface area contributed by atoms with Gasteiger partial charge in [-0.05, 0) is 36.4 Å². The van der Waals surface area contributed by atoms with Gasteiger partial charge in [0.05, 0.1) is 9.79 Å². The predicted molar refractivity (Wildman–Crippen MR) is 98.4 cm³/mol. The van der Waals surface area contributed by atoms with E-state index in [1.165, 1.54) is 66.7 Å². The SMILES string of the molecule is Nc1cccc(N(S(=O)(=O)c2ccccc2)S(=O)(=O)c2ccccc2)n1. The lowest BCUT2D eigenvalue weighted by Crippen LogP contribution is -2.37. The molecule has 2 N–H and O–H groups in total. The second-order valence-electron chi connectivity index (χ2n) is 5.25. The van der Waals surface area contributed by atoms with Crippen LogP contribution in [0.5, 0.6) is 0 Å². The molecule has 9 heteroatoms. The number of nitrogen functional groups attached to an aromatic ring is 1. The number of aromatic nitrogens is 1. The van der Waals surface area contributed by atoms with E-state index in [9.17, 15) is 16.8 Å². The third-order valence-corrected chi connectivity index (χ3v) is 7.62. The molecule has 7 nitrogen and oxygen atoms in total. The highest BCUT2D eigenvalue weighted by atomic mass is 32.3. The fourth-order valence-corrected chi connectivity index (χ4v) is 5.92. The van der Waals surface area contributed by atoms with Gasteiger partial charge in [0, 0.05) is 0 Å². The van der Waals surface area contributed by atoms with Crippen LogP contribution in [-0.2, 0) is 20.0 Å². The third-order valence-electron chi connectivity index (χ3n) is 3.46. The first kappa shape index (κ1) is 17.9.